The Kier molecular flexibility index (Phi) is 5.68. The van der Waals surface area contributed by atoms with Gasteiger partial charge in [0.05, 0.1) is 12.3 Å². The Labute approximate surface area is 127 Å². The zero-order valence-electron chi connectivity index (χ0n) is 11.9. The van der Waals surface area contributed by atoms with Crippen molar-refractivity contribution in [1.82, 2.24) is 9.88 Å². The van der Waals surface area contributed by atoms with Crippen LogP contribution in [0.2, 0.25) is 0 Å². The largest absolute Gasteiger partial charge is 0.395 e. The van der Waals surface area contributed by atoms with Gasteiger partial charge in [-0.15, -0.1) is 11.3 Å². The third-order valence-electron chi connectivity index (χ3n) is 3.42. The number of carbonyl (C=O) groups is 1. The number of nitrogens with one attached hydrogen (secondary N) is 1. The summed E-state index contributed by atoms with van der Waals surface area (Å²) in [4.78, 5) is 19.6. The van der Waals surface area contributed by atoms with Gasteiger partial charge in [0.15, 0.2) is 5.13 Å². The summed E-state index contributed by atoms with van der Waals surface area (Å²) in [5.74, 6) is 2.11. The molecule has 1 atom stereocenters. The second-order valence-electron chi connectivity index (χ2n) is 4.88. The second kappa shape index (κ2) is 7.28. The lowest BCUT2D eigenvalue weighted by Gasteiger charge is -2.33. The number of hydrogen-bond donors (Lipinski definition) is 2. The van der Waals surface area contributed by atoms with Crippen LogP contribution in [-0.2, 0) is 0 Å². The maximum absolute atomic E-state index is 12.4. The van der Waals surface area contributed by atoms with Crippen LogP contribution < -0.4 is 5.32 Å². The van der Waals surface area contributed by atoms with E-state index >= 15 is 0 Å². The fraction of sp³-hybridized carbons (Fsp3) is 0.692. The quantitative estimate of drug-likeness (QED) is 0.896. The van der Waals surface area contributed by atoms with E-state index in [1.807, 2.05) is 25.6 Å². The van der Waals surface area contributed by atoms with Gasteiger partial charge in [-0.2, -0.15) is 11.8 Å². The fourth-order valence-corrected chi connectivity index (χ4v) is 4.18. The average Bonchev–Trinajstić information content (AvgIpc) is 2.75. The van der Waals surface area contributed by atoms with Gasteiger partial charge in [0, 0.05) is 23.2 Å². The van der Waals surface area contributed by atoms with Crippen LogP contribution in [0.15, 0.2) is 0 Å². The molecule has 0 unspecified atom stereocenters. The Morgan fingerprint density at radius 2 is 2.35 bits per heavy atom. The van der Waals surface area contributed by atoms with Crippen molar-refractivity contribution in [3.8, 4) is 0 Å². The molecule has 7 heteroatoms. The summed E-state index contributed by atoms with van der Waals surface area (Å²) in [6, 6.07) is 0.0587. The minimum atomic E-state index is -0.152. The maximum atomic E-state index is 12.4. The van der Waals surface area contributed by atoms with Crippen LogP contribution >= 0.6 is 23.1 Å². The van der Waals surface area contributed by atoms with Crippen LogP contribution in [0.3, 0.4) is 0 Å². The maximum Gasteiger partial charge on any atom is 0.324 e. The van der Waals surface area contributed by atoms with E-state index in [9.17, 15) is 9.90 Å². The molecule has 2 N–H and O–H groups in total. The number of aliphatic hydroxyl groups is 1. The molecule has 112 valence electrons. The van der Waals surface area contributed by atoms with E-state index in [-0.39, 0.29) is 18.7 Å². The molecule has 1 fully saturated rings. The fourth-order valence-electron chi connectivity index (χ4n) is 2.22. The number of aromatic nitrogens is 1. The van der Waals surface area contributed by atoms with Gasteiger partial charge in [-0.3, -0.25) is 5.32 Å². The minimum absolute atomic E-state index is 0.00941. The molecule has 1 saturated heterocycles. The number of nitrogens with zero attached hydrogens (tertiary/aromatic N) is 2. The van der Waals surface area contributed by atoms with Crippen LogP contribution in [0.25, 0.3) is 0 Å². The van der Waals surface area contributed by atoms with Gasteiger partial charge >= 0.3 is 6.03 Å². The van der Waals surface area contributed by atoms with Crippen molar-refractivity contribution < 1.29 is 9.90 Å². The third-order valence-corrected chi connectivity index (χ3v) is 5.61. The lowest BCUT2D eigenvalue weighted by atomic mass is 10.1. The van der Waals surface area contributed by atoms with E-state index in [1.165, 1.54) is 11.3 Å². The van der Waals surface area contributed by atoms with E-state index in [4.69, 9.17) is 0 Å². The number of anilines is 1. The van der Waals surface area contributed by atoms with Crippen molar-refractivity contribution in [1.29, 1.82) is 0 Å². The Morgan fingerprint density at radius 1 is 1.55 bits per heavy atom. The molecule has 1 aliphatic heterocycles. The van der Waals surface area contributed by atoms with Gasteiger partial charge in [0.1, 0.15) is 0 Å². The highest BCUT2D eigenvalue weighted by Gasteiger charge is 2.25. The highest BCUT2D eigenvalue weighted by atomic mass is 32.2. The van der Waals surface area contributed by atoms with Crippen molar-refractivity contribution in [2.75, 3.05) is 30.0 Å². The molecule has 0 bridgehead atoms. The normalized spacial score (nSPS) is 18.9. The van der Waals surface area contributed by atoms with E-state index in [0.29, 0.717) is 11.7 Å². The smallest absolute Gasteiger partial charge is 0.324 e. The van der Waals surface area contributed by atoms with Gasteiger partial charge < -0.3 is 10.0 Å². The highest BCUT2D eigenvalue weighted by Crippen LogP contribution is 2.24. The SMILES string of the molecule is Cc1nc(NC(=O)N(CCO)[C@@H]2CCCSC2)sc1C. The average molecular weight is 315 g/mol. The van der Waals surface area contributed by atoms with Crippen molar-refractivity contribution in [2.45, 2.75) is 32.7 Å². The lowest BCUT2D eigenvalue weighted by Crippen LogP contribution is -2.46. The van der Waals surface area contributed by atoms with Gasteiger partial charge in [-0.25, -0.2) is 9.78 Å². The van der Waals surface area contributed by atoms with Crippen molar-refractivity contribution >= 4 is 34.3 Å². The molecule has 2 rings (SSSR count). The summed E-state index contributed by atoms with van der Waals surface area (Å²) in [5, 5.41) is 12.7. The van der Waals surface area contributed by atoms with Crippen LogP contribution in [0.5, 0.6) is 0 Å². The third kappa shape index (κ3) is 3.86. The van der Waals surface area contributed by atoms with Gasteiger partial charge in [-0.1, -0.05) is 0 Å². The first-order valence-corrected chi connectivity index (χ1v) is 8.79. The van der Waals surface area contributed by atoms with Gasteiger partial charge in [0.2, 0.25) is 0 Å². The first-order valence-electron chi connectivity index (χ1n) is 6.82. The molecular formula is C13H21N3O2S2. The Hall–Kier alpha value is -0.790. The number of carbonyl (C=O) groups excluding carboxylic acids is 1. The first kappa shape index (κ1) is 15.6. The molecule has 0 saturated carbocycles. The molecule has 2 heterocycles. The van der Waals surface area contributed by atoms with E-state index in [1.54, 1.807) is 4.90 Å². The molecule has 0 aromatic carbocycles. The monoisotopic (exact) mass is 315 g/mol. The van der Waals surface area contributed by atoms with Crippen LogP contribution in [0, 0.1) is 13.8 Å². The summed E-state index contributed by atoms with van der Waals surface area (Å²) in [5.41, 5.74) is 0.951. The Balaban J connectivity index is 2.02. The molecule has 5 nitrogen and oxygen atoms in total. The molecule has 1 aromatic heterocycles. The van der Waals surface area contributed by atoms with Gasteiger partial charge in [0.25, 0.3) is 0 Å². The number of aliphatic hydroxyl groups excluding tert-OH is 1. The van der Waals surface area contributed by atoms with Gasteiger partial charge in [-0.05, 0) is 32.4 Å². The summed E-state index contributed by atoms with van der Waals surface area (Å²) < 4.78 is 0. The predicted molar refractivity (Wildman–Crippen MR) is 84.7 cm³/mol. The predicted octanol–water partition coefficient (Wildman–Crippen LogP) is 2.48. The summed E-state index contributed by atoms with van der Waals surface area (Å²) >= 11 is 3.36. The molecule has 1 aromatic rings. The standard InChI is InChI=1S/C13H21N3O2S2/c1-9-10(2)20-12(14-9)15-13(18)16(5-6-17)11-4-3-7-19-8-11/h11,17H,3-8H2,1-2H3,(H,14,15,18)/t11-/m1/s1. The number of urea groups is 1. The zero-order chi connectivity index (χ0) is 14.5. The van der Waals surface area contributed by atoms with E-state index in [0.717, 1.165) is 34.9 Å². The van der Waals surface area contributed by atoms with Crippen LogP contribution in [-0.4, -0.2) is 51.7 Å². The Bertz CT molecular complexity index is 439. The molecule has 0 aliphatic carbocycles. The molecule has 20 heavy (non-hydrogen) atoms. The molecule has 0 radical (unpaired) electrons. The molecule has 1 aliphatic rings. The van der Waals surface area contributed by atoms with Crippen LogP contribution in [0.1, 0.15) is 23.4 Å². The zero-order valence-corrected chi connectivity index (χ0v) is 13.5. The first-order chi connectivity index (χ1) is 9.61. The Morgan fingerprint density at radius 3 is 2.90 bits per heavy atom. The number of thiazole rings is 1. The summed E-state index contributed by atoms with van der Waals surface area (Å²) in [6.45, 7) is 4.29. The lowest BCUT2D eigenvalue weighted by molar-refractivity contribution is 0.164. The molecular weight excluding hydrogens is 294 g/mol. The van der Waals surface area contributed by atoms with E-state index < -0.39 is 0 Å². The van der Waals surface area contributed by atoms with Crippen molar-refractivity contribution in [3.05, 3.63) is 10.6 Å². The second-order valence-corrected chi connectivity index (χ2v) is 7.23. The number of amides is 2. The highest BCUT2D eigenvalue weighted by molar-refractivity contribution is 7.99. The number of aryl methyl sites for hydroxylation is 2. The summed E-state index contributed by atoms with van der Waals surface area (Å²) in [7, 11) is 0. The minimum Gasteiger partial charge on any atom is -0.395 e. The number of rotatable bonds is 4. The van der Waals surface area contributed by atoms with E-state index in [2.05, 4.69) is 10.3 Å². The van der Waals surface area contributed by atoms with Crippen molar-refractivity contribution in [3.63, 3.8) is 0 Å². The van der Waals surface area contributed by atoms with Crippen LogP contribution in [0.4, 0.5) is 9.93 Å². The number of thioether (sulfide) groups is 1. The molecule has 2 amide bonds. The topological polar surface area (TPSA) is 65.5 Å². The number of hydrogen-bond acceptors (Lipinski definition) is 5. The molecule has 0 spiro atoms. The summed E-state index contributed by atoms with van der Waals surface area (Å²) in [6.07, 6.45) is 2.14. The van der Waals surface area contributed by atoms with Crippen molar-refractivity contribution in [2.24, 2.45) is 0 Å².